The van der Waals surface area contributed by atoms with Gasteiger partial charge in [-0.25, -0.2) is 4.68 Å². The first-order valence-electron chi connectivity index (χ1n) is 10.7. The maximum atomic E-state index is 12.9. The van der Waals surface area contributed by atoms with Crippen LogP contribution >= 0.6 is 0 Å². The molecule has 3 aliphatic heterocycles. The van der Waals surface area contributed by atoms with E-state index in [0.717, 1.165) is 25.2 Å². The Balaban J connectivity index is 1.28. The van der Waals surface area contributed by atoms with Gasteiger partial charge in [-0.05, 0) is 31.5 Å². The number of rotatable bonds is 5. The number of piperidine rings is 1. The van der Waals surface area contributed by atoms with Crippen molar-refractivity contribution in [3.63, 3.8) is 0 Å². The molecule has 2 atom stereocenters. The Labute approximate surface area is 183 Å². The van der Waals surface area contributed by atoms with Crippen LogP contribution in [0.15, 0.2) is 24.4 Å². The summed E-state index contributed by atoms with van der Waals surface area (Å²) >= 11 is 0. The summed E-state index contributed by atoms with van der Waals surface area (Å²) in [5.41, 5.74) is 2.50. The molecule has 166 valence electrons. The van der Waals surface area contributed by atoms with E-state index in [1.54, 1.807) is 24.4 Å². The van der Waals surface area contributed by atoms with Crippen LogP contribution in [0.25, 0.3) is 0 Å². The highest BCUT2D eigenvalue weighted by molar-refractivity contribution is 6.06. The zero-order valence-corrected chi connectivity index (χ0v) is 17.3. The van der Waals surface area contributed by atoms with Crippen molar-refractivity contribution in [3.05, 3.63) is 41.2 Å². The molecule has 3 N–H and O–H groups in total. The van der Waals surface area contributed by atoms with Crippen molar-refractivity contribution in [2.24, 2.45) is 0 Å². The summed E-state index contributed by atoms with van der Waals surface area (Å²) in [5, 5.41) is 16.7. The number of imide groups is 1. The van der Waals surface area contributed by atoms with E-state index in [0.29, 0.717) is 22.7 Å². The number of nitrogens with zero attached hydrogens (tertiary/aromatic N) is 4. The van der Waals surface area contributed by atoms with E-state index >= 15 is 0 Å². The first-order chi connectivity index (χ1) is 15.5. The molecule has 0 spiro atoms. The zero-order chi connectivity index (χ0) is 22.2. The van der Waals surface area contributed by atoms with E-state index in [1.165, 1.54) is 9.58 Å². The van der Waals surface area contributed by atoms with Gasteiger partial charge in [-0.3, -0.25) is 24.5 Å². The molecule has 0 bridgehead atoms. The number of fused-ring (bicyclic) bond motifs is 1. The minimum absolute atomic E-state index is 0.00161. The standard InChI is InChI=1S/C21H23N7O4/c29-18-5-4-17(20(31)24-18)28-9-14-13(21(28)32)2-1-3-15(14)23-19(30)11-27-10-16(25-26-27)12-6-7-22-8-12/h1-3,10,12,17,22H,4-9,11H2,(H,23,30)(H,24,29,31). The molecule has 11 nitrogen and oxygen atoms in total. The van der Waals surface area contributed by atoms with Crippen molar-refractivity contribution in [2.45, 2.75) is 44.3 Å². The summed E-state index contributed by atoms with van der Waals surface area (Å²) in [4.78, 5) is 50.7. The van der Waals surface area contributed by atoms with Gasteiger partial charge in [-0.1, -0.05) is 11.3 Å². The average Bonchev–Trinajstić information content (AvgIpc) is 3.50. The lowest BCUT2D eigenvalue weighted by molar-refractivity contribution is -0.137. The number of hydrogen-bond donors (Lipinski definition) is 3. The van der Waals surface area contributed by atoms with Gasteiger partial charge in [-0.2, -0.15) is 0 Å². The molecule has 2 aromatic rings. The van der Waals surface area contributed by atoms with Crippen LogP contribution in [-0.4, -0.2) is 62.7 Å². The number of nitrogens with one attached hydrogen (secondary N) is 3. The molecular weight excluding hydrogens is 414 g/mol. The fourth-order valence-corrected chi connectivity index (χ4v) is 4.52. The van der Waals surface area contributed by atoms with Crippen LogP contribution in [-0.2, 0) is 27.5 Å². The molecule has 4 heterocycles. The smallest absolute Gasteiger partial charge is 0.255 e. The van der Waals surface area contributed by atoms with Gasteiger partial charge < -0.3 is 15.5 Å². The Hall–Kier alpha value is -3.60. The second kappa shape index (κ2) is 8.15. The van der Waals surface area contributed by atoms with Gasteiger partial charge >= 0.3 is 0 Å². The van der Waals surface area contributed by atoms with Crippen LogP contribution in [0.3, 0.4) is 0 Å². The Morgan fingerprint density at radius 2 is 2.09 bits per heavy atom. The molecule has 0 radical (unpaired) electrons. The average molecular weight is 437 g/mol. The second-order valence-corrected chi connectivity index (χ2v) is 8.31. The van der Waals surface area contributed by atoms with E-state index in [1.807, 2.05) is 0 Å². The number of carbonyl (C=O) groups excluding carboxylic acids is 4. The van der Waals surface area contributed by atoms with Crippen LogP contribution in [0.4, 0.5) is 5.69 Å². The molecule has 3 aliphatic rings. The third-order valence-corrected chi connectivity index (χ3v) is 6.20. The van der Waals surface area contributed by atoms with Crippen molar-refractivity contribution in [3.8, 4) is 0 Å². The maximum Gasteiger partial charge on any atom is 0.255 e. The van der Waals surface area contributed by atoms with Crippen LogP contribution in [0.1, 0.15) is 46.8 Å². The highest BCUT2D eigenvalue weighted by Gasteiger charge is 2.40. The number of aromatic nitrogens is 3. The summed E-state index contributed by atoms with van der Waals surface area (Å²) in [6, 6.07) is 4.41. The largest absolute Gasteiger partial charge is 0.324 e. The fourth-order valence-electron chi connectivity index (χ4n) is 4.52. The zero-order valence-electron chi connectivity index (χ0n) is 17.3. The Kier molecular flexibility index (Phi) is 5.17. The molecule has 4 amide bonds. The third kappa shape index (κ3) is 3.75. The monoisotopic (exact) mass is 437 g/mol. The molecule has 11 heteroatoms. The molecule has 0 aliphatic carbocycles. The summed E-state index contributed by atoms with van der Waals surface area (Å²) in [7, 11) is 0. The maximum absolute atomic E-state index is 12.9. The van der Waals surface area contributed by atoms with E-state index in [4.69, 9.17) is 0 Å². The number of benzene rings is 1. The minimum atomic E-state index is -0.699. The molecule has 2 unspecified atom stereocenters. The molecule has 2 fully saturated rings. The van der Waals surface area contributed by atoms with Crippen molar-refractivity contribution in [1.29, 1.82) is 0 Å². The van der Waals surface area contributed by atoms with E-state index in [9.17, 15) is 19.2 Å². The molecule has 1 aromatic heterocycles. The fraction of sp³-hybridized carbons (Fsp3) is 0.429. The predicted octanol–water partition coefficient (Wildman–Crippen LogP) is -0.245. The van der Waals surface area contributed by atoms with Gasteiger partial charge in [0.25, 0.3) is 5.91 Å². The van der Waals surface area contributed by atoms with Gasteiger partial charge in [0.05, 0.1) is 5.69 Å². The van der Waals surface area contributed by atoms with Gasteiger partial charge in [0.1, 0.15) is 12.6 Å². The summed E-state index contributed by atoms with van der Waals surface area (Å²) in [5.74, 6) is -1.05. The van der Waals surface area contributed by atoms with Crippen LogP contribution in [0.2, 0.25) is 0 Å². The molecule has 2 saturated heterocycles. The molecular formula is C21H23N7O4. The first kappa shape index (κ1) is 20.3. The van der Waals surface area contributed by atoms with E-state index in [-0.39, 0.29) is 43.7 Å². The topological polar surface area (TPSA) is 138 Å². The number of hydrogen-bond acceptors (Lipinski definition) is 7. The van der Waals surface area contributed by atoms with Crippen LogP contribution < -0.4 is 16.0 Å². The lowest BCUT2D eigenvalue weighted by Crippen LogP contribution is -2.52. The van der Waals surface area contributed by atoms with Gasteiger partial charge in [0.15, 0.2) is 0 Å². The second-order valence-electron chi connectivity index (χ2n) is 8.31. The number of carbonyl (C=O) groups is 4. The van der Waals surface area contributed by atoms with Gasteiger partial charge in [0, 0.05) is 48.4 Å². The first-order valence-corrected chi connectivity index (χ1v) is 10.7. The summed E-state index contributed by atoms with van der Waals surface area (Å²) < 4.78 is 1.51. The lowest BCUT2D eigenvalue weighted by Gasteiger charge is -2.29. The molecule has 32 heavy (non-hydrogen) atoms. The van der Waals surface area contributed by atoms with E-state index < -0.39 is 11.9 Å². The van der Waals surface area contributed by atoms with Crippen molar-refractivity contribution >= 4 is 29.3 Å². The molecule has 5 rings (SSSR count). The Morgan fingerprint density at radius 3 is 2.88 bits per heavy atom. The Morgan fingerprint density at radius 1 is 1.22 bits per heavy atom. The predicted molar refractivity (Wildman–Crippen MR) is 111 cm³/mol. The van der Waals surface area contributed by atoms with Crippen LogP contribution in [0.5, 0.6) is 0 Å². The summed E-state index contributed by atoms with van der Waals surface area (Å²) in [6.45, 7) is 2.01. The quantitative estimate of drug-likeness (QED) is 0.549. The highest BCUT2D eigenvalue weighted by Crippen LogP contribution is 2.32. The summed E-state index contributed by atoms with van der Waals surface area (Å²) in [6.07, 6.45) is 3.27. The normalized spacial score (nSPS) is 22.8. The van der Waals surface area contributed by atoms with E-state index in [2.05, 4.69) is 26.3 Å². The SMILES string of the molecule is O=C1CCC(N2Cc3c(NC(=O)Cn4cc(C5CCNC5)nn4)cccc3C2=O)C(=O)N1. The highest BCUT2D eigenvalue weighted by atomic mass is 16.2. The molecule has 0 saturated carbocycles. The van der Waals surface area contributed by atoms with Crippen LogP contribution in [0, 0.1) is 0 Å². The number of anilines is 1. The Bertz CT molecular complexity index is 1110. The lowest BCUT2D eigenvalue weighted by atomic mass is 10.0. The minimum Gasteiger partial charge on any atom is -0.324 e. The van der Waals surface area contributed by atoms with Gasteiger partial charge in [0.2, 0.25) is 17.7 Å². The number of amides is 4. The van der Waals surface area contributed by atoms with Crippen molar-refractivity contribution in [2.75, 3.05) is 18.4 Å². The van der Waals surface area contributed by atoms with Crippen molar-refractivity contribution < 1.29 is 19.2 Å². The van der Waals surface area contributed by atoms with Gasteiger partial charge in [-0.15, -0.1) is 5.10 Å². The third-order valence-electron chi connectivity index (χ3n) is 6.20. The molecule has 1 aromatic carbocycles. The van der Waals surface area contributed by atoms with Crippen molar-refractivity contribution in [1.82, 2.24) is 30.5 Å².